The fourth-order valence-corrected chi connectivity index (χ4v) is 2.27. The van der Waals surface area contributed by atoms with Crippen LogP contribution in [0.4, 0.5) is 0 Å². The number of hydrogen-bond donors (Lipinski definition) is 1. The molecule has 1 aromatic carbocycles. The molecular formula is C17H22N2O. The molecule has 1 aromatic heterocycles. The lowest BCUT2D eigenvalue weighted by atomic mass is 9.82. The summed E-state index contributed by atoms with van der Waals surface area (Å²) in [6.45, 7) is 4.87. The van der Waals surface area contributed by atoms with Crippen molar-refractivity contribution >= 4 is 0 Å². The standard InChI is InChI=1S/C17H22N2O/c1-3-10-20-16-11-15(12-19-13-16)17(18,4-2)14-8-6-5-7-9-14/h5-9,11-13H,3-4,10,18H2,1-2H3. The first-order chi connectivity index (χ1) is 9.70. The van der Waals surface area contributed by atoms with Gasteiger partial charge in [0.05, 0.1) is 18.3 Å². The average molecular weight is 270 g/mol. The SMILES string of the molecule is CCCOc1cncc(C(N)(CC)c2ccccc2)c1. The van der Waals surface area contributed by atoms with Crippen LogP contribution in [0.3, 0.4) is 0 Å². The first kappa shape index (κ1) is 14.5. The Labute approximate surface area is 120 Å². The molecule has 0 saturated heterocycles. The van der Waals surface area contributed by atoms with E-state index in [2.05, 4.69) is 31.0 Å². The number of hydrogen-bond acceptors (Lipinski definition) is 3. The third-order valence-corrected chi connectivity index (χ3v) is 3.55. The normalized spacial score (nSPS) is 13.8. The molecule has 2 N–H and O–H groups in total. The fraction of sp³-hybridized carbons (Fsp3) is 0.353. The van der Waals surface area contributed by atoms with E-state index in [1.54, 1.807) is 6.20 Å². The van der Waals surface area contributed by atoms with Crippen LogP contribution in [0.15, 0.2) is 48.8 Å². The molecule has 3 heteroatoms. The zero-order valence-corrected chi connectivity index (χ0v) is 12.2. The molecule has 0 aliphatic rings. The summed E-state index contributed by atoms with van der Waals surface area (Å²) < 4.78 is 5.65. The third-order valence-electron chi connectivity index (χ3n) is 3.55. The van der Waals surface area contributed by atoms with E-state index in [-0.39, 0.29) is 0 Å². The van der Waals surface area contributed by atoms with Gasteiger partial charge < -0.3 is 10.5 Å². The van der Waals surface area contributed by atoms with E-state index in [1.807, 2.05) is 30.5 Å². The summed E-state index contributed by atoms with van der Waals surface area (Å²) in [6, 6.07) is 12.1. The van der Waals surface area contributed by atoms with Crippen molar-refractivity contribution in [1.29, 1.82) is 0 Å². The predicted octanol–water partition coefficient (Wildman–Crippen LogP) is 3.48. The highest BCUT2D eigenvalue weighted by Gasteiger charge is 2.28. The van der Waals surface area contributed by atoms with Crippen LogP contribution in [0.5, 0.6) is 5.75 Å². The highest BCUT2D eigenvalue weighted by atomic mass is 16.5. The number of rotatable bonds is 6. The lowest BCUT2D eigenvalue weighted by molar-refractivity contribution is 0.315. The van der Waals surface area contributed by atoms with Gasteiger partial charge in [-0.05, 0) is 30.0 Å². The first-order valence-electron chi connectivity index (χ1n) is 7.13. The number of pyridine rings is 1. The number of nitrogens with two attached hydrogens (primary N) is 1. The Hall–Kier alpha value is -1.87. The van der Waals surface area contributed by atoms with Crippen molar-refractivity contribution in [1.82, 2.24) is 4.98 Å². The van der Waals surface area contributed by atoms with Crippen molar-refractivity contribution in [2.75, 3.05) is 6.61 Å². The van der Waals surface area contributed by atoms with Gasteiger partial charge in [0.1, 0.15) is 5.75 Å². The molecule has 0 bridgehead atoms. The molecule has 2 aromatic rings. The number of aromatic nitrogens is 1. The Morgan fingerprint density at radius 1 is 1.10 bits per heavy atom. The van der Waals surface area contributed by atoms with Crippen molar-refractivity contribution in [2.45, 2.75) is 32.2 Å². The van der Waals surface area contributed by atoms with E-state index in [1.165, 1.54) is 0 Å². The van der Waals surface area contributed by atoms with Crippen LogP contribution in [-0.4, -0.2) is 11.6 Å². The van der Waals surface area contributed by atoms with Gasteiger partial charge in [0.25, 0.3) is 0 Å². The number of benzene rings is 1. The molecule has 3 nitrogen and oxygen atoms in total. The summed E-state index contributed by atoms with van der Waals surface area (Å²) in [7, 11) is 0. The van der Waals surface area contributed by atoms with Gasteiger partial charge in [0.15, 0.2) is 0 Å². The van der Waals surface area contributed by atoms with Gasteiger partial charge in [-0.3, -0.25) is 4.98 Å². The third kappa shape index (κ3) is 2.99. The highest BCUT2D eigenvalue weighted by Crippen LogP contribution is 2.31. The van der Waals surface area contributed by atoms with Gasteiger partial charge in [-0.25, -0.2) is 0 Å². The highest BCUT2D eigenvalue weighted by molar-refractivity contribution is 5.39. The largest absolute Gasteiger partial charge is 0.492 e. The molecule has 1 atom stereocenters. The minimum atomic E-state index is -0.528. The van der Waals surface area contributed by atoms with Crippen LogP contribution in [0.25, 0.3) is 0 Å². The monoisotopic (exact) mass is 270 g/mol. The maximum atomic E-state index is 6.64. The van der Waals surface area contributed by atoms with Gasteiger partial charge in [0, 0.05) is 6.20 Å². The molecule has 0 aliphatic carbocycles. The second kappa shape index (κ2) is 6.53. The fourth-order valence-electron chi connectivity index (χ4n) is 2.27. The summed E-state index contributed by atoms with van der Waals surface area (Å²) in [5.41, 5.74) is 8.19. The second-order valence-corrected chi connectivity index (χ2v) is 4.95. The van der Waals surface area contributed by atoms with Gasteiger partial charge in [-0.2, -0.15) is 0 Å². The summed E-state index contributed by atoms with van der Waals surface area (Å²) in [4.78, 5) is 4.27. The van der Waals surface area contributed by atoms with Crippen LogP contribution < -0.4 is 10.5 Å². The molecular weight excluding hydrogens is 248 g/mol. The minimum absolute atomic E-state index is 0.528. The number of nitrogens with zero attached hydrogens (tertiary/aromatic N) is 1. The molecule has 106 valence electrons. The molecule has 0 spiro atoms. The van der Waals surface area contributed by atoms with Crippen molar-refractivity contribution in [3.63, 3.8) is 0 Å². The van der Waals surface area contributed by atoms with Crippen molar-refractivity contribution in [3.8, 4) is 5.75 Å². The van der Waals surface area contributed by atoms with Gasteiger partial charge in [0.2, 0.25) is 0 Å². The van der Waals surface area contributed by atoms with E-state index in [0.29, 0.717) is 6.61 Å². The van der Waals surface area contributed by atoms with E-state index < -0.39 is 5.54 Å². The molecule has 0 radical (unpaired) electrons. The van der Waals surface area contributed by atoms with Crippen LogP contribution in [0.2, 0.25) is 0 Å². The summed E-state index contributed by atoms with van der Waals surface area (Å²) in [5.74, 6) is 0.781. The van der Waals surface area contributed by atoms with Gasteiger partial charge in [-0.1, -0.05) is 44.2 Å². The minimum Gasteiger partial charge on any atom is -0.492 e. The molecule has 1 unspecified atom stereocenters. The topological polar surface area (TPSA) is 48.1 Å². The van der Waals surface area contributed by atoms with Gasteiger partial charge in [-0.15, -0.1) is 0 Å². The molecule has 2 rings (SSSR count). The predicted molar refractivity (Wildman–Crippen MR) is 81.7 cm³/mol. The van der Waals surface area contributed by atoms with E-state index in [0.717, 1.165) is 29.7 Å². The Morgan fingerprint density at radius 2 is 1.85 bits per heavy atom. The molecule has 0 aliphatic heterocycles. The average Bonchev–Trinajstić information content (AvgIpc) is 2.53. The van der Waals surface area contributed by atoms with Crippen LogP contribution >= 0.6 is 0 Å². The van der Waals surface area contributed by atoms with Crippen molar-refractivity contribution < 1.29 is 4.74 Å². The molecule has 0 fully saturated rings. The molecule has 1 heterocycles. The van der Waals surface area contributed by atoms with Crippen LogP contribution in [0, 0.1) is 0 Å². The first-order valence-corrected chi connectivity index (χ1v) is 7.13. The van der Waals surface area contributed by atoms with Gasteiger partial charge >= 0.3 is 0 Å². The summed E-state index contributed by atoms with van der Waals surface area (Å²) >= 11 is 0. The van der Waals surface area contributed by atoms with E-state index in [9.17, 15) is 0 Å². The van der Waals surface area contributed by atoms with Crippen molar-refractivity contribution in [2.24, 2.45) is 5.73 Å². The Bertz CT molecular complexity index is 542. The van der Waals surface area contributed by atoms with E-state index >= 15 is 0 Å². The lowest BCUT2D eigenvalue weighted by Gasteiger charge is -2.29. The van der Waals surface area contributed by atoms with E-state index in [4.69, 9.17) is 10.5 Å². The second-order valence-electron chi connectivity index (χ2n) is 4.95. The Kier molecular flexibility index (Phi) is 4.74. The summed E-state index contributed by atoms with van der Waals surface area (Å²) in [6.07, 6.45) is 5.34. The molecule has 0 saturated carbocycles. The summed E-state index contributed by atoms with van der Waals surface area (Å²) in [5, 5.41) is 0. The quantitative estimate of drug-likeness (QED) is 0.874. The smallest absolute Gasteiger partial charge is 0.137 e. The van der Waals surface area contributed by atoms with Crippen LogP contribution in [-0.2, 0) is 5.54 Å². The maximum Gasteiger partial charge on any atom is 0.137 e. The zero-order valence-electron chi connectivity index (χ0n) is 12.2. The van der Waals surface area contributed by atoms with Crippen LogP contribution in [0.1, 0.15) is 37.8 Å². The van der Waals surface area contributed by atoms with Crippen molar-refractivity contribution in [3.05, 3.63) is 59.9 Å². The zero-order chi connectivity index (χ0) is 14.4. The molecule has 0 amide bonds. The Morgan fingerprint density at radius 3 is 2.50 bits per heavy atom. The number of ether oxygens (including phenoxy) is 1. The lowest BCUT2D eigenvalue weighted by Crippen LogP contribution is -2.37. The molecule has 20 heavy (non-hydrogen) atoms. The maximum absolute atomic E-state index is 6.64. The Balaban J connectivity index is 2.36.